The largest absolute Gasteiger partial charge is 0.366 e. The second-order valence-corrected chi connectivity index (χ2v) is 5.60. The summed E-state index contributed by atoms with van der Waals surface area (Å²) in [6.45, 7) is 1.55. The number of nitrogens with two attached hydrogens (primary N) is 2. The molecule has 6 heteroatoms. The Morgan fingerprint density at radius 1 is 1.24 bits per heavy atom. The fourth-order valence-corrected chi connectivity index (χ4v) is 2.57. The second kappa shape index (κ2) is 6.22. The van der Waals surface area contributed by atoms with Gasteiger partial charge in [-0.15, -0.1) is 0 Å². The van der Waals surface area contributed by atoms with Crippen molar-refractivity contribution in [3.63, 3.8) is 0 Å². The average Bonchev–Trinajstić information content (AvgIpc) is 2.44. The Morgan fingerprint density at radius 3 is 2.43 bits per heavy atom. The zero-order chi connectivity index (χ0) is 15.6. The van der Waals surface area contributed by atoms with Gasteiger partial charge in [0.25, 0.3) is 0 Å². The minimum absolute atomic E-state index is 0.0408. The van der Waals surface area contributed by atoms with Gasteiger partial charge < -0.3 is 16.8 Å². The summed E-state index contributed by atoms with van der Waals surface area (Å²) in [6.07, 6.45) is 3.08. The molecular formula is C15H20FN3O2. The molecule has 1 aliphatic rings. The van der Waals surface area contributed by atoms with Gasteiger partial charge in [0.15, 0.2) is 0 Å². The lowest BCUT2D eigenvalue weighted by Gasteiger charge is -2.25. The highest BCUT2D eigenvalue weighted by molar-refractivity contribution is 5.97. The van der Waals surface area contributed by atoms with Crippen molar-refractivity contribution in [3.8, 4) is 0 Å². The molecule has 0 aliphatic heterocycles. The lowest BCUT2D eigenvalue weighted by atomic mass is 9.86. The molecule has 0 saturated heterocycles. The van der Waals surface area contributed by atoms with Crippen molar-refractivity contribution < 1.29 is 14.0 Å². The third-order valence-corrected chi connectivity index (χ3v) is 4.03. The Labute approximate surface area is 122 Å². The lowest BCUT2D eigenvalue weighted by molar-refractivity contribution is -0.120. The number of halogens is 1. The van der Waals surface area contributed by atoms with Crippen LogP contribution in [0, 0.1) is 18.7 Å². The Morgan fingerprint density at radius 2 is 1.86 bits per heavy atom. The molecule has 0 aromatic heterocycles. The van der Waals surface area contributed by atoms with E-state index < -0.39 is 11.7 Å². The number of carbonyl (C=O) groups excluding carboxylic acids is 2. The summed E-state index contributed by atoms with van der Waals surface area (Å²) in [5, 5.41) is 2.70. The van der Waals surface area contributed by atoms with Gasteiger partial charge in [0.2, 0.25) is 11.8 Å². The minimum atomic E-state index is -0.729. The van der Waals surface area contributed by atoms with Gasteiger partial charge in [-0.3, -0.25) is 9.59 Å². The summed E-state index contributed by atoms with van der Waals surface area (Å²) >= 11 is 0. The quantitative estimate of drug-likeness (QED) is 0.791. The van der Waals surface area contributed by atoms with E-state index in [4.69, 9.17) is 11.5 Å². The van der Waals surface area contributed by atoms with E-state index in [1.54, 1.807) is 6.92 Å². The fraction of sp³-hybridized carbons (Fsp3) is 0.467. The highest BCUT2D eigenvalue weighted by atomic mass is 19.1. The van der Waals surface area contributed by atoms with Crippen molar-refractivity contribution in [2.24, 2.45) is 17.4 Å². The van der Waals surface area contributed by atoms with Gasteiger partial charge in [0.05, 0.1) is 0 Å². The molecule has 114 valence electrons. The molecule has 2 amide bonds. The molecule has 2 rings (SSSR count). The number of anilines is 1. The maximum absolute atomic E-state index is 13.8. The Kier molecular flexibility index (Phi) is 4.57. The second-order valence-electron chi connectivity index (χ2n) is 5.60. The third-order valence-electron chi connectivity index (χ3n) is 4.03. The van der Waals surface area contributed by atoms with Crippen LogP contribution in [0.5, 0.6) is 0 Å². The highest BCUT2D eigenvalue weighted by Crippen LogP contribution is 2.26. The molecule has 0 spiro atoms. The monoisotopic (exact) mass is 293 g/mol. The van der Waals surface area contributed by atoms with Gasteiger partial charge in [-0.2, -0.15) is 0 Å². The van der Waals surface area contributed by atoms with E-state index in [-0.39, 0.29) is 23.4 Å². The number of primary amides is 1. The number of nitrogens with one attached hydrogen (secondary N) is 1. The minimum Gasteiger partial charge on any atom is -0.366 e. The first-order chi connectivity index (χ1) is 9.88. The van der Waals surface area contributed by atoms with E-state index in [2.05, 4.69) is 5.32 Å². The Bertz CT molecular complexity index is 566. The van der Waals surface area contributed by atoms with Crippen molar-refractivity contribution in [2.75, 3.05) is 5.32 Å². The van der Waals surface area contributed by atoms with Gasteiger partial charge in [0, 0.05) is 28.8 Å². The number of benzene rings is 1. The van der Waals surface area contributed by atoms with E-state index in [0.717, 1.165) is 31.7 Å². The maximum Gasteiger partial charge on any atom is 0.248 e. The Balaban J connectivity index is 2.15. The van der Waals surface area contributed by atoms with Crippen LogP contribution in [0.25, 0.3) is 0 Å². The van der Waals surface area contributed by atoms with Crippen molar-refractivity contribution in [1.29, 1.82) is 0 Å². The van der Waals surface area contributed by atoms with Crippen LogP contribution in [0.2, 0.25) is 0 Å². The first kappa shape index (κ1) is 15.4. The first-order valence-corrected chi connectivity index (χ1v) is 7.05. The molecule has 5 N–H and O–H groups in total. The zero-order valence-corrected chi connectivity index (χ0v) is 12.0. The molecule has 21 heavy (non-hydrogen) atoms. The van der Waals surface area contributed by atoms with Crippen molar-refractivity contribution in [2.45, 2.75) is 38.6 Å². The van der Waals surface area contributed by atoms with Gasteiger partial charge in [-0.25, -0.2) is 4.39 Å². The van der Waals surface area contributed by atoms with Crippen LogP contribution in [0.15, 0.2) is 12.1 Å². The number of hydrogen-bond donors (Lipinski definition) is 3. The molecule has 0 radical (unpaired) electrons. The topological polar surface area (TPSA) is 98.2 Å². The fourth-order valence-electron chi connectivity index (χ4n) is 2.57. The summed E-state index contributed by atoms with van der Waals surface area (Å²) in [4.78, 5) is 23.4. The van der Waals surface area contributed by atoms with Crippen molar-refractivity contribution in [3.05, 3.63) is 29.1 Å². The van der Waals surface area contributed by atoms with Crippen molar-refractivity contribution in [1.82, 2.24) is 0 Å². The molecule has 0 heterocycles. The van der Waals surface area contributed by atoms with E-state index in [0.29, 0.717) is 11.3 Å². The van der Waals surface area contributed by atoms with Crippen molar-refractivity contribution >= 4 is 17.5 Å². The summed E-state index contributed by atoms with van der Waals surface area (Å²) in [5.41, 5.74) is 11.6. The van der Waals surface area contributed by atoms with Gasteiger partial charge in [-0.05, 0) is 44.7 Å². The molecule has 1 aromatic rings. The zero-order valence-electron chi connectivity index (χ0n) is 12.0. The third kappa shape index (κ3) is 3.58. The normalized spacial score (nSPS) is 21.9. The standard InChI is InChI=1S/C15H20FN3O2/c1-8-12(16)6-10(14(18)20)7-13(8)19-15(21)9-2-4-11(17)5-3-9/h6-7,9,11H,2-5,17H2,1H3,(H2,18,20)(H,19,21). The molecular weight excluding hydrogens is 273 g/mol. The summed E-state index contributed by atoms with van der Waals surface area (Å²) in [5.74, 6) is -1.57. The summed E-state index contributed by atoms with van der Waals surface area (Å²) in [7, 11) is 0. The number of carbonyl (C=O) groups is 2. The predicted octanol–water partition coefficient (Wildman–Crippen LogP) is 1.69. The van der Waals surface area contributed by atoms with Crippen LogP contribution < -0.4 is 16.8 Å². The van der Waals surface area contributed by atoms with Crippen LogP contribution in [-0.4, -0.2) is 17.9 Å². The lowest BCUT2D eigenvalue weighted by Crippen LogP contribution is -2.32. The molecule has 0 unspecified atom stereocenters. The SMILES string of the molecule is Cc1c(F)cc(C(N)=O)cc1NC(=O)C1CCC(N)CC1. The van der Waals surface area contributed by atoms with Gasteiger partial charge in [-0.1, -0.05) is 0 Å². The van der Waals surface area contributed by atoms with Crippen LogP contribution >= 0.6 is 0 Å². The molecule has 0 bridgehead atoms. The van der Waals surface area contributed by atoms with Gasteiger partial charge >= 0.3 is 0 Å². The molecule has 1 aliphatic carbocycles. The molecule has 0 atom stereocenters. The van der Waals surface area contributed by atoms with Crippen LogP contribution in [-0.2, 0) is 4.79 Å². The van der Waals surface area contributed by atoms with Crippen LogP contribution in [0.4, 0.5) is 10.1 Å². The predicted molar refractivity (Wildman–Crippen MR) is 78.2 cm³/mol. The van der Waals surface area contributed by atoms with E-state index in [9.17, 15) is 14.0 Å². The van der Waals surface area contributed by atoms with E-state index in [1.807, 2.05) is 0 Å². The summed E-state index contributed by atoms with van der Waals surface area (Å²) < 4.78 is 13.8. The van der Waals surface area contributed by atoms with Gasteiger partial charge in [0.1, 0.15) is 5.82 Å². The Hall–Kier alpha value is -1.95. The average molecular weight is 293 g/mol. The van der Waals surface area contributed by atoms with E-state index >= 15 is 0 Å². The van der Waals surface area contributed by atoms with E-state index in [1.165, 1.54) is 6.07 Å². The number of amides is 2. The highest BCUT2D eigenvalue weighted by Gasteiger charge is 2.25. The molecule has 5 nitrogen and oxygen atoms in total. The smallest absolute Gasteiger partial charge is 0.248 e. The first-order valence-electron chi connectivity index (χ1n) is 7.05. The van der Waals surface area contributed by atoms with Crippen LogP contribution in [0.1, 0.15) is 41.6 Å². The number of rotatable bonds is 3. The summed E-state index contributed by atoms with van der Waals surface area (Å²) in [6, 6.07) is 2.64. The van der Waals surface area contributed by atoms with Crippen LogP contribution in [0.3, 0.4) is 0 Å². The molecule has 1 aromatic carbocycles. The number of hydrogen-bond acceptors (Lipinski definition) is 3. The molecule has 1 fully saturated rings. The maximum atomic E-state index is 13.8. The molecule has 1 saturated carbocycles.